The van der Waals surface area contributed by atoms with Crippen molar-refractivity contribution >= 4 is 17.8 Å². The summed E-state index contributed by atoms with van der Waals surface area (Å²) >= 11 is 0. The van der Waals surface area contributed by atoms with E-state index in [4.69, 9.17) is 9.57 Å². The first kappa shape index (κ1) is 17.2. The topological polar surface area (TPSA) is 76.2 Å². The Kier molecular flexibility index (Phi) is 4.37. The Bertz CT molecular complexity index is 874. The molecule has 2 aromatic carbocycles. The van der Waals surface area contributed by atoms with Gasteiger partial charge in [0.05, 0.1) is 18.2 Å². The van der Waals surface area contributed by atoms with Crippen molar-refractivity contribution in [2.24, 2.45) is 0 Å². The summed E-state index contributed by atoms with van der Waals surface area (Å²) in [6.45, 7) is 1.32. The van der Waals surface area contributed by atoms with E-state index < -0.39 is 23.8 Å². The van der Waals surface area contributed by atoms with Gasteiger partial charge in [0.25, 0.3) is 11.8 Å². The van der Waals surface area contributed by atoms with E-state index in [1.54, 1.807) is 31.4 Å². The fourth-order valence-electron chi connectivity index (χ4n) is 3.26. The third-order valence-corrected chi connectivity index (χ3v) is 4.89. The number of carbonyl (C=O) groups excluding carboxylic acids is 3. The first-order valence-corrected chi connectivity index (χ1v) is 8.65. The fraction of sp³-hybridized carbons (Fsp3) is 0.250. The number of likely N-dealkylation sites (tertiary alicyclic amines) is 1. The summed E-state index contributed by atoms with van der Waals surface area (Å²) in [7, 11) is 1.61. The molecule has 2 aliphatic heterocycles. The van der Waals surface area contributed by atoms with Gasteiger partial charge < -0.3 is 9.57 Å². The van der Waals surface area contributed by atoms with Crippen molar-refractivity contribution in [1.82, 2.24) is 9.96 Å². The second-order valence-corrected chi connectivity index (χ2v) is 6.48. The van der Waals surface area contributed by atoms with Gasteiger partial charge in [0.1, 0.15) is 11.8 Å². The van der Waals surface area contributed by atoms with E-state index in [0.29, 0.717) is 18.0 Å². The van der Waals surface area contributed by atoms with Gasteiger partial charge in [-0.1, -0.05) is 29.3 Å². The Balaban J connectivity index is 1.40. The molecule has 0 aromatic heterocycles. The van der Waals surface area contributed by atoms with E-state index in [1.807, 2.05) is 29.2 Å². The van der Waals surface area contributed by atoms with Crippen LogP contribution in [0.2, 0.25) is 0 Å². The summed E-state index contributed by atoms with van der Waals surface area (Å²) in [5.41, 5.74) is 1.53. The first-order chi connectivity index (χ1) is 13.1. The largest absolute Gasteiger partial charge is 0.497 e. The molecule has 0 saturated carbocycles. The van der Waals surface area contributed by atoms with Crippen LogP contribution < -0.4 is 4.74 Å². The molecule has 4 rings (SSSR count). The van der Waals surface area contributed by atoms with Crippen LogP contribution in [0.4, 0.5) is 0 Å². The van der Waals surface area contributed by atoms with Gasteiger partial charge in [0.2, 0.25) is 0 Å². The second kappa shape index (κ2) is 6.85. The number of benzene rings is 2. The van der Waals surface area contributed by atoms with Crippen LogP contribution in [-0.4, -0.2) is 47.4 Å². The molecule has 138 valence electrons. The maximum Gasteiger partial charge on any atom is 0.350 e. The average molecular weight is 366 g/mol. The summed E-state index contributed by atoms with van der Waals surface area (Å²) in [5, 5.41) is 0.566. The standard InChI is InChI=1S/C20H18N2O5/c1-26-14-8-6-13(7-9-14)12-21-11-10-17(21)20(25)27-22-18(23)15-4-2-3-5-16(15)19(22)24/h2-9,17H,10-12H2,1H3. The maximum atomic E-state index is 12.5. The molecule has 0 radical (unpaired) electrons. The van der Waals surface area contributed by atoms with Gasteiger partial charge in [-0.3, -0.25) is 14.5 Å². The minimum atomic E-state index is -0.607. The van der Waals surface area contributed by atoms with Gasteiger partial charge in [0.15, 0.2) is 0 Å². The summed E-state index contributed by atoms with van der Waals surface area (Å²) in [4.78, 5) is 44.2. The lowest BCUT2D eigenvalue weighted by atomic mass is 10.0. The molecule has 0 N–H and O–H groups in total. The molecular formula is C20H18N2O5. The number of ether oxygens (including phenoxy) is 1. The van der Waals surface area contributed by atoms with E-state index in [9.17, 15) is 14.4 Å². The minimum Gasteiger partial charge on any atom is -0.497 e. The molecule has 0 aliphatic carbocycles. The number of fused-ring (bicyclic) bond motifs is 1. The molecule has 7 heteroatoms. The van der Waals surface area contributed by atoms with Crippen LogP contribution in [0.1, 0.15) is 32.7 Å². The number of hydroxylamine groups is 2. The molecule has 1 saturated heterocycles. The zero-order valence-corrected chi connectivity index (χ0v) is 14.8. The zero-order valence-electron chi connectivity index (χ0n) is 14.8. The number of methoxy groups -OCH3 is 1. The molecule has 2 heterocycles. The first-order valence-electron chi connectivity index (χ1n) is 8.65. The van der Waals surface area contributed by atoms with E-state index in [1.165, 1.54) is 0 Å². The van der Waals surface area contributed by atoms with Gasteiger partial charge in [-0.2, -0.15) is 0 Å². The SMILES string of the molecule is COc1ccc(CN2CCC2C(=O)ON2C(=O)c3ccccc3C2=O)cc1. The smallest absolute Gasteiger partial charge is 0.350 e. The van der Waals surface area contributed by atoms with E-state index in [2.05, 4.69) is 0 Å². The van der Waals surface area contributed by atoms with Crippen molar-refractivity contribution in [3.05, 3.63) is 65.2 Å². The highest BCUT2D eigenvalue weighted by Gasteiger charge is 2.42. The summed E-state index contributed by atoms with van der Waals surface area (Å²) in [6, 6.07) is 13.5. The quantitative estimate of drug-likeness (QED) is 0.754. The highest BCUT2D eigenvalue weighted by molar-refractivity contribution is 6.20. The van der Waals surface area contributed by atoms with Crippen LogP contribution in [0.3, 0.4) is 0 Å². The Hall–Kier alpha value is -3.19. The molecular weight excluding hydrogens is 348 g/mol. The highest BCUT2D eigenvalue weighted by atomic mass is 16.7. The van der Waals surface area contributed by atoms with Crippen molar-refractivity contribution in [2.75, 3.05) is 13.7 Å². The van der Waals surface area contributed by atoms with Crippen molar-refractivity contribution in [3.63, 3.8) is 0 Å². The number of imide groups is 1. The van der Waals surface area contributed by atoms with Crippen LogP contribution in [0, 0.1) is 0 Å². The molecule has 1 unspecified atom stereocenters. The van der Waals surface area contributed by atoms with E-state index in [-0.39, 0.29) is 11.1 Å². The van der Waals surface area contributed by atoms with Gasteiger partial charge >= 0.3 is 5.97 Å². The van der Waals surface area contributed by atoms with Crippen molar-refractivity contribution in [1.29, 1.82) is 0 Å². The lowest BCUT2D eigenvalue weighted by molar-refractivity contribution is -0.180. The predicted octanol–water partition coefficient (Wildman–Crippen LogP) is 2.02. The summed E-state index contributed by atoms with van der Waals surface area (Å²) in [5.74, 6) is -1.04. The Morgan fingerprint density at radius 1 is 1.04 bits per heavy atom. The number of hydrogen-bond acceptors (Lipinski definition) is 6. The number of amides is 2. The van der Waals surface area contributed by atoms with Crippen molar-refractivity contribution in [2.45, 2.75) is 19.0 Å². The summed E-state index contributed by atoms with van der Waals surface area (Å²) < 4.78 is 5.14. The van der Waals surface area contributed by atoms with Gasteiger partial charge in [-0.15, -0.1) is 0 Å². The number of rotatable bonds is 5. The number of hydrogen-bond donors (Lipinski definition) is 0. The predicted molar refractivity (Wildman–Crippen MR) is 94.8 cm³/mol. The number of carbonyl (C=O) groups is 3. The van der Waals surface area contributed by atoms with Crippen molar-refractivity contribution in [3.8, 4) is 5.75 Å². The minimum absolute atomic E-state index is 0.249. The molecule has 27 heavy (non-hydrogen) atoms. The lowest BCUT2D eigenvalue weighted by Gasteiger charge is -2.39. The number of nitrogens with zero attached hydrogens (tertiary/aromatic N) is 2. The van der Waals surface area contributed by atoms with Crippen molar-refractivity contribution < 1.29 is 24.0 Å². The van der Waals surface area contributed by atoms with Gasteiger partial charge in [-0.05, 0) is 36.2 Å². The molecule has 1 atom stereocenters. The summed E-state index contributed by atoms with van der Waals surface area (Å²) in [6.07, 6.45) is 0.623. The molecule has 2 amide bonds. The van der Waals surface area contributed by atoms with Gasteiger partial charge in [0, 0.05) is 13.1 Å². The Morgan fingerprint density at radius 2 is 1.67 bits per heavy atom. The fourth-order valence-corrected chi connectivity index (χ4v) is 3.26. The van der Waals surface area contributed by atoms with Crippen LogP contribution in [0.15, 0.2) is 48.5 Å². The van der Waals surface area contributed by atoms with Crippen LogP contribution >= 0.6 is 0 Å². The lowest BCUT2D eigenvalue weighted by Crippen LogP contribution is -2.53. The molecule has 0 spiro atoms. The Labute approximate surface area is 156 Å². The zero-order chi connectivity index (χ0) is 19.0. The molecule has 7 nitrogen and oxygen atoms in total. The average Bonchev–Trinajstić information content (AvgIpc) is 2.91. The third-order valence-electron chi connectivity index (χ3n) is 4.89. The third kappa shape index (κ3) is 3.06. The van der Waals surface area contributed by atoms with E-state index >= 15 is 0 Å². The molecule has 1 fully saturated rings. The second-order valence-electron chi connectivity index (χ2n) is 6.48. The highest BCUT2D eigenvalue weighted by Crippen LogP contribution is 2.26. The van der Waals surface area contributed by atoms with Gasteiger partial charge in [-0.25, -0.2) is 4.79 Å². The monoisotopic (exact) mass is 366 g/mol. The van der Waals surface area contributed by atoms with Crippen LogP contribution in [-0.2, 0) is 16.2 Å². The van der Waals surface area contributed by atoms with E-state index in [0.717, 1.165) is 17.9 Å². The maximum absolute atomic E-state index is 12.5. The van der Waals surface area contributed by atoms with Crippen LogP contribution in [0.25, 0.3) is 0 Å². The molecule has 2 aliphatic rings. The Morgan fingerprint density at radius 3 is 2.19 bits per heavy atom. The molecule has 0 bridgehead atoms. The normalized spacial score (nSPS) is 18.9. The van der Waals surface area contributed by atoms with Crippen LogP contribution in [0.5, 0.6) is 5.75 Å². The molecule has 2 aromatic rings.